The molecule has 0 radical (unpaired) electrons. The zero-order valence-electron chi connectivity index (χ0n) is 7.42. The summed E-state index contributed by atoms with van der Waals surface area (Å²) >= 11 is 0. The van der Waals surface area contributed by atoms with Gasteiger partial charge in [-0.05, 0) is 19.3 Å². The van der Waals surface area contributed by atoms with Crippen molar-refractivity contribution < 1.29 is 15.0 Å². The van der Waals surface area contributed by atoms with E-state index in [9.17, 15) is 9.90 Å². The molecule has 0 spiro atoms. The molecule has 3 heteroatoms. The molecule has 0 saturated carbocycles. The van der Waals surface area contributed by atoms with E-state index in [1.165, 1.54) is 0 Å². The third-order valence-corrected chi connectivity index (χ3v) is 1.70. The smallest absolute Gasteiger partial charge is 0.330 e. The average Bonchev–Trinajstić information content (AvgIpc) is 2.00. The summed E-state index contributed by atoms with van der Waals surface area (Å²) in [6.45, 7) is 5.36. The predicted molar refractivity (Wildman–Crippen MR) is 46.9 cm³/mol. The number of aliphatic hydroxyl groups excluding tert-OH is 1. The van der Waals surface area contributed by atoms with Gasteiger partial charge >= 0.3 is 5.97 Å². The molecule has 0 saturated heterocycles. The van der Waals surface area contributed by atoms with Crippen LogP contribution in [0.1, 0.15) is 32.6 Å². The van der Waals surface area contributed by atoms with Crippen LogP contribution in [0.2, 0.25) is 0 Å². The molecule has 0 heterocycles. The van der Waals surface area contributed by atoms with Gasteiger partial charge in [0.15, 0.2) is 0 Å². The van der Waals surface area contributed by atoms with E-state index in [0.29, 0.717) is 12.8 Å². The Balaban J connectivity index is 3.54. The van der Waals surface area contributed by atoms with Crippen molar-refractivity contribution in [3.8, 4) is 0 Å². The highest BCUT2D eigenvalue weighted by molar-refractivity contribution is 5.85. The van der Waals surface area contributed by atoms with Crippen LogP contribution in [-0.4, -0.2) is 22.3 Å². The number of carbonyl (C=O) groups is 1. The number of aliphatic hydroxyl groups is 1. The molecule has 70 valence electrons. The second kappa shape index (κ2) is 5.77. The zero-order chi connectivity index (χ0) is 9.56. The van der Waals surface area contributed by atoms with Crippen LogP contribution in [-0.2, 0) is 4.79 Å². The molecule has 1 atom stereocenters. The van der Waals surface area contributed by atoms with Crippen LogP contribution in [0.15, 0.2) is 12.2 Å². The van der Waals surface area contributed by atoms with Gasteiger partial charge in [0.2, 0.25) is 0 Å². The minimum atomic E-state index is -0.973. The molecule has 0 aliphatic carbocycles. The van der Waals surface area contributed by atoms with Crippen molar-refractivity contribution in [2.75, 3.05) is 0 Å². The van der Waals surface area contributed by atoms with E-state index in [1.54, 1.807) is 0 Å². The summed E-state index contributed by atoms with van der Waals surface area (Å²) in [6.07, 6.45) is 2.13. The summed E-state index contributed by atoms with van der Waals surface area (Å²) in [5.74, 6) is -0.973. The van der Waals surface area contributed by atoms with Gasteiger partial charge in [0.25, 0.3) is 0 Å². The Morgan fingerprint density at radius 1 is 1.50 bits per heavy atom. The normalized spacial score (nSPS) is 12.5. The summed E-state index contributed by atoms with van der Waals surface area (Å²) in [4.78, 5) is 10.3. The lowest BCUT2D eigenvalue weighted by Gasteiger charge is -2.07. The second-order valence-electron chi connectivity index (χ2n) is 2.89. The van der Waals surface area contributed by atoms with Crippen molar-refractivity contribution in [2.24, 2.45) is 0 Å². The van der Waals surface area contributed by atoms with E-state index in [0.717, 1.165) is 12.8 Å². The second-order valence-corrected chi connectivity index (χ2v) is 2.89. The van der Waals surface area contributed by atoms with Gasteiger partial charge in [0.05, 0.1) is 6.10 Å². The first-order chi connectivity index (χ1) is 5.57. The van der Waals surface area contributed by atoms with Crippen molar-refractivity contribution in [3.63, 3.8) is 0 Å². The fourth-order valence-corrected chi connectivity index (χ4v) is 0.925. The molecule has 0 rings (SSSR count). The molecular weight excluding hydrogens is 156 g/mol. The SMILES string of the molecule is C=C(CC[C@H](O)CCC)C(=O)O. The summed E-state index contributed by atoms with van der Waals surface area (Å²) in [5.41, 5.74) is 0.171. The number of hydrogen-bond acceptors (Lipinski definition) is 2. The Labute approximate surface area is 72.7 Å². The topological polar surface area (TPSA) is 57.5 Å². The first kappa shape index (κ1) is 11.2. The largest absolute Gasteiger partial charge is 0.478 e. The minimum Gasteiger partial charge on any atom is -0.478 e. The van der Waals surface area contributed by atoms with Gasteiger partial charge in [-0.2, -0.15) is 0 Å². The lowest BCUT2D eigenvalue weighted by atomic mass is 10.1. The standard InChI is InChI=1S/C9H16O3/c1-3-4-8(10)6-5-7(2)9(11)12/h8,10H,2-6H2,1H3,(H,11,12)/t8-/m1/s1. The van der Waals surface area contributed by atoms with E-state index >= 15 is 0 Å². The molecule has 0 unspecified atom stereocenters. The zero-order valence-corrected chi connectivity index (χ0v) is 7.42. The van der Waals surface area contributed by atoms with Gasteiger partial charge in [-0.15, -0.1) is 0 Å². The Kier molecular flexibility index (Phi) is 5.37. The van der Waals surface area contributed by atoms with E-state index in [-0.39, 0.29) is 11.7 Å². The van der Waals surface area contributed by atoms with Gasteiger partial charge in [-0.1, -0.05) is 19.9 Å². The Morgan fingerprint density at radius 2 is 2.08 bits per heavy atom. The van der Waals surface area contributed by atoms with Crippen LogP contribution in [0, 0.1) is 0 Å². The van der Waals surface area contributed by atoms with Crippen LogP contribution in [0.25, 0.3) is 0 Å². The molecule has 0 aromatic carbocycles. The van der Waals surface area contributed by atoms with Gasteiger partial charge in [-0.25, -0.2) is 4.79 Å². The quantitative estimate of drug-likeness (QED) is 0.598. The Bertz CT molecular complexity index is 163. The molecule has 0 aromatic rings. The summed E-state index contributed by atoms with van der Waals surface area (Å²) < 4.78 is 0. The molecule has 2 N–H and O–H groups in total. The van der Waals surface area contributed by atoms with Gasteiger partial charge in [0, 0.05) is 5.57 Å². The monoisotopic (exact) mass is 172 g/mol. The summed E-state index contributed by atoms with van der Waals surface area (Å²) in [7, 11) is 0. The fraction of sp³-hybridized carbons (Fsp3) is 0.667. The van der Waals surface area contributed by atoms with Gasteiger partial charge < -0.3 is 10.2 Å². The maximum absolute atomic E-state index is 10.3. The Hall–Kier alpha value is -0.830. The molecule has 0 aromatic heterocycles. The van der Waals surface area contributed by atoms with Crippen molar-refractivity contribution >= 4 is 5.97 Å². The fourth-order valence-electron chi connectivity index (χ4n) is 0.925. The third kappa shape index (κ3) is 4.91. The molecule has 0 bridgehead atoms. The third-order valence-electron chi connectivity index (χ3n) is 1.70. The van der Waals surface area contributed by atoms with Crippen LogP contribution >= 0.6 is 0 Å². The maximum Gasteiger partial charge on any atom is 0.330 e. The highest BCUT2D eigenvalue weighted by Crippen LogP contribution is 2.09. The number of carboxylic acids is 1. The first-order valence-corrected chi connectivity index (χ1v) is 4.17. The molecule has 0 aliphatic heterocycles. The van der Waals surface area contributed by atoms with Crippen molar-refractivity contribution in [1.29, 1.82) is 0 Å². The molecule has 0 aliphatic rings. The summed E-state index contributed by atoms with van der Waals surface area (Å²) in [6, 6.07) is 0. The van der Waals surface area contributed by atoms with Gasteiger partial charge in [-0.3, -0.25) is 0 Å². The predicted octanol–water partition coefficient (Wildman–Crippen LogP) is 1.57. The van der Waals surface area contributed by atoms with Crippen LogP contribution in [0.5, 0.6) is 0 Å². The lowest BCUT2D eigenvalue weighted by Crippen LogP contribution is -2.08. The number of rotatable bonds is 6. The van der Waals surface area contributed by atoms with E-state index in [1.807, 2.05) is 6.92 Å². The van der Waals surface area contributed by atoms with Crippen molar-refractivity contribution in [2.45, 2.75) is 38.7 Å². The number of carboxylic acid groups (broad SMARTS) is 1. The van der Waals surface area contributed by atoms with Crippen LogP contribution in [0.4, 0.5) is 0 Å². The van der Waals surface area contributed by atoms with E-state index < -0.39 is 5.97 Å². The molecule has 12 heavy (non-hydrogen) atoms. The number of aliphatic carboxylic acids is 1. The minimum absolute atomic E-state index is 0.171. The van der Waals surface area contributed by atoms with Crippen LogP contribution in [0.3, 0.4) is 0 Å². The lowest BCUT2D eigenvalue weighted by molar-refractivity contribution is -0.132. The number of hydrogen-bond donors (Lipinski definition) is 2. The van der Waals surface area contributed by atoms with Crippen molar-refractivity contribution in [3.05, 3.63) is 12.2 Å². The van der Waals surface area contributed by atoms with Gasteiger partial charge in [0.1, 0.15) is 0 Å². The van der Waals surface area contributed by atoms with E-state index in [2.05, 4.69) is 6.58 Å². The van der Waals surface area contributed by atoms with E-state index in [4.69, 9.17) is 5.11 Å². The van der Waals surface area contributed by atoms with Crippen LogP contribution < -0.4 is 0 Å². The molecule has 0 fully saturated rings. The van der Waals surface area contributed by atoms with Crippen molar-refractivity contribution in [1.82, 2.24) is 0 Å². The Morgan fingerprint density at radius 3 is 2.50 bits per heavy atom. The maximum atomic E-state index is 10.3. The highest BCUT2D eigenvalue weighted by atomic mass is 16.4. The average molecular weight is 172 g/mol. The summed E-state index contributed by atoms with van der Waals surface area (Å²) in [5, 5.41) is 17.7. The highest BCUT2D eigenvalue weighted by Gasteiger charge is 2.07. The molecule has 3 nitrogen and oxygen atoms in total. The molecular formula is C9H16O3. The molecule has 0 amide bonds. The first-order valence-electron chi connectivity index (χ1n) is 4.17.